The van der Waals surface area contributed by atoms with E-state index in [0.29, 0.717) is 11.3 Å². The van der Waals surface area contributed by atoms with Crippen molar-refractivity contribution in [3.63, 3.8) is 0 Å². The molecule has 1 saturated carbocycles. The number of methoxy groups -OCH3 is 1. The Morgan fingerprint density at radius 3 is 2.74 bits per heavy atom. The minimum atomic E-state index is 0.00331. The Labute approximate surface area is 116 Å². The van der Waals surface area contributed by atoms with Gasteiger partial charge in [-0.3, -0.25) is 0 Å². The molecule has 3 rings (SSSR count). The number of hydrogen-bond acceptors (Lipinski definition) is 2. The lowest BCUT2D eigenvalue weighted by molar-refractivity contribution is -0.0816. The highest BCUT2D eigenvalue weighted by molar-refractivity contribution is 5.43. The van der Waals surface area contributed by atoms with E-state index in [2.05, 4.69) is 32.9 Å². The van der Waals surface area contributed by atoms with Crippen LogP contribution < -0.4 is 9.47 Å². The van der Waals surface area contributed by atoms with Crippen LogP contribution in [0.2, 0.25) is 0 Å². The average molecular weight is 260 g/mol. The molecule has 104 valence electrons. The molecule has 0 spiro atoms. The van der Waals surface area contributed by atoms with Gasteiger partial charge >= 0.3 is 0 Å². The lowest BCUT2D eigenvalue weighted by Crippen LogP contribution is -2.53. The lowest BCUT2D eigenvalue weighted by atomic mass is 9.59. The van der Waals surface area contributed by atoms with Gasteiger partial charge in [0.1, 0.15) is 17.1 Å². The molecule has 0 N–H and O–H groups in total. The van der Waals surface area contributed by atoms with Crippen LogP contribution in [0.4, 0.5) is 0 Å². The quantitative estimate of drug-likeness (QED) is 0.753. The SMILES string of the molecule is COc1ccc2c(c1)C[C@@H]1C(C)(C)CCC[C@@]1(C)O2. The van der Waals surface area contributed by atoms with E-state index in [-0.39, 0.29) is 5.60 Å². The first-order chi connectivity index (χ1) is 8.94. The van der Waals surface area contributed by atoms with E-state index in [4.69, 9.17) is 9.47 Å². The van der Waals surface area contributed by atoms with Crippen molar-refractivity contribution in [2.24, 2.45) is 11.3 Å². The van der Waals surface area contributed by atoms with Crippen LogP contribution in [0.3, 0.4) is 0 Å². The molecule has 0 unspecified atom stereocenters. The van der Waals surface area contributed by atoms with Gasteiger partial charge in [-0.05, 0) is 61.8 Å². The van der Waals surface area contributed by atoms with Crippen molar-refractivity contribution in [2.45, 2.75) is 52.1 Å². The predicted molar refractivity (Wildman–Crippen MR) is 76.9 cm³/mol. The highest BCUT2D eigenvalue weighted by atomic mass is 16.5. The van der Waals surface area contributed by atoms with Crippen LogP contribution in [0.1, 0.15) is 45.6 Å². The van der Waals surface area contributed by atoms with Gasteiger partial charge in [0.2, 0.25) is 0 Å². The topological polar surface area (TPSA) is 18.5 Å². The summed E-state index contributed by atoms with van der Waals surface area (Å²) in [6, 6.07) is 6.20. The van der Waals surface area contributed by atoms with Crippen LogP contribution in [0.5, 0.6) is 11.5 Å². The molecule has 1 aromatic rings. The minimum Gasteiger partial charge on any atom is -0.497 e. The Bertz CT molecular complexity index is 492. The monoisotopic (exact) mass is 260 g/mol. The molecule has 0 radical (unpaired) electrons. The maximum Gasteiger partial charge on any atom is 0.123 e. The van der Waals surface area contributed by atoms with E-state index < -0.39 is 0 Å². The van der Waals surface area contributed by atoms with Gasteiger partial charge in [0.05, 0.1) is 7.11 Å². The van der Waals surface area contributed by atoms with Crippen LogP contribution in [0.25, 0.3) is 0 Å². The van der Waals surface area contributed by atoms with Gasteiger partial charge < -0.3 is 9.47 Å². The van der Waals surface area contributed by atoms with E-state index in [1.807, 2.05) is 6.07 Å². The Morgan fingerprint density at radius 2 is 2.00 bits per heavy atom. The summed E-state index contributed by atoms with van der Waals surface area (Å²) in [6.45, 7) is 7.08. The van der Waals surface area contributed by atoms with Crippen LogP contribution in [0.15, 0.2) is 18.2 Å². The average Bonchev–Trinajstić information content (AvgIpc) is 2.36. The number of rotatable bonds is 1. The van der Waals surface area contributed by atoms with Gasteiger partial charge in [-0.1, -0.05) is 13.8 Å². The third-order valence-corrected chi connectivity index (χ3v) is 5.21. The third-order valence-electron chi connectivity index (χ3n) is 5.21. The van der Waals surface area contributed by atoms with Crippen molar-refractivity contribution >= 4 is 0 Å². The van der Waals surface area contributed by atoms with E-state index >= 15 is 0 Å². The summed E-state index contributed by atoms with van der Waals surface area (Å²) in [4.78, 5) is 0. The first-order valence-electron chi connectivity index (χ1n) is 7.30. The Hall–Kier alpha value is -1.18. The molecule has 2 atom stereocenters. The molecule has 0 amide bonds. The maximum atomic E-state index is 6.40. The normalized spacial score (nSPS) is 31.9. The minimum absolute atomic E-state index is 0.00331. The molecule has 0 aromatic heterocycles. The molecule has 0 bridgehead atoms. The molecule has 0 saturated heterocycles. The Balaban J connectivity index is 2.01. The van der Waals surface area contributed by atoms with Crippen molar-refractivity contribution in [1.82, 2.24) is 0 Å². The van der Waals surface area contributed by atoms with Gasteiger partial charge in [0.25, 0.3) is 0 Å². The number of ether oxygens (including phenoxy) is 2. The molecular formula is C17H24O2. The standard InChI is InChI=1S/C17H24O2/c1-16(2)8-5-9-17(3)15(16)11-12-10-13(18-4)6-7-14(12)19-17/h6-7,10,15H,5,8-9,11H2,1-4H3/t15-,17-/m1/s1. The zero-order chi connectivity index (χ0) is 13.7. The molecule has 1 aliphatic heterocycles. The summed E-state index contributed by atoms with van der Waals surface area (Å²) >= 11 is 0. The molecule has 1 fully saturated rings. The second kappa shape index (κ2) is 4.16. The largest absolute Gasteiger partial charge is 0.497 e. The highest BCUT2D eigenvalue weighted by Crippen LogP contribution is 2.53. The van der Waals surface area contributed by atoms with Crippen molar-refractivity contribution in [1.29, 1.82) is 0 Å². The first-order valence-corrected chi connectivity index (χ1v) is 7.30. The summed E-state index contributed by atoms with van der Waals surface area (Å²) < 4.78 is 11.7. The fourth-order valence-corrected chi connectivity index (χ4v) is 4.10. The summed E-state index contributed by atoms with van der Waals surface area (Å²) in [5.41, 5.74) is 1.66. The summed E-state index contributed by atoms with van der Waals surface area (Å²) in [5, 5.41) is 0. The molecule has 1 aromatic carbocycles. The second-order valence-corrected chi connectivity index (χ2v) is 6.99. The number of hydrogen-bond donors (Lipinski definition) is 0. The maximum absolute atomic E-state index is 6.40. The first kappa shape index (κ1) is 12.8. The lowest BCUT2D eigenvalue weighted by Gasteiger charge is -2.53. The molecular weight excluding hydrogens is 236 g/mol. The van der Waals surface area contributed by atoms with Crippen molar-refractivity contribution < 1.29 is 9.47 Å². The van der Waals surface area contributed by atoms with Crippen LogP contribution >= 0.6 is 0 Å². The zero-order valence-electron chi connectivity index (χ0n) is 12.5. The second-order valence-electron chi connectivity index (χ2n) is 6.99. The van der Waals surface area contributed by atoms with E-state index in [1.165, 1.54) is 24.8 Å². The van der Waals surface area contributed by atoms with Crippen LogP contribution in [0, 0.1) is 11.3 Å². The molecule has 2 heteroatoms. The zero-order valence-corrected chi connectivity index (χ0v) is 12.5. The van der Waals surface area contributed by atoms with E-state index in [9.17, 15) is 0 Å². The predicted octanol–water partition coefficient (Wildman–Crippen LogP) is 4.22. The smallest absolute Gasteiger partial charge is 0.123 e. The van der Waals surface area contributed by atoms with Gasteiger partial charge in [0.15, 0.2) is 0 Å². The van der Waals surface area contributed by atoms with Gasteiger partial charge in [-0.25, -0.2) is 0 Å². The number of fused-ring (bicyclic) bond motifs is 2. The summed E-state index contributed by atoms with van der Waals surface area (Å²) in [6.07, 6.45) is 4.85. The van der Waals surface area contributed by atoms with E-state index in [0.717, 1.165) is 17.9 Å². The van der Waals surface area contributed by atoms with Gasteiger partial charge in [-0.15, -0.1) is 0 Å². The molecule has 1 aliphatic carbocycles. The van der Waals surface area contributed by atoms with Gasteiger partial charge in [0, 0.05) is 5.92 Å². The fourth-order valence-electron chi connectivity index (χ4n) is 4.10. The number of benzene rings is 1. The van der Waals surface area contributed by atoms with Crippen molar-refractivity contribution in [2.75, 3.05) is 7.11 Å². The molecule has 2 aliphatic rings. The third kappa shape index (κ3) is 2.01. The summed E-state index contributed by atoms with van der Waals surface area (Å²) in [5.74, 6) is 2.57. The molecule has 1 heterocycles. The van der Waals surface area contributed by atoms with Crippen LogP contribution in [-0.4, -0.2) is 12.7 Å². The molecule has 19 heavy (non-hydrogen) atoms. The Morgan fingerprint density at radius 1 is 1.21 bits per heavy atom. The van der Waals surface area contributed by atoms with Crippen LogP contribution in [-0.2, 0) is 6.42 Å². The fraction of sp³-hybridized carbons (Fsp3) is 0.647. The van der Waals surface area contributed by atoms with E-state index in [1.54, 1.807) is 7.11 Å². The summed E-state index contributed by atoms with van der Waals surface area (Å²) in [7, 11) is 1.72. The van der Waals surface area contributed by atoms with Gasteiger partial charge in [-0.2, -0.15) is 0 Å². The van der Waals surface area contributed by atoms with Crippen molar-refractivity contribution in [3.05, 3.63) is 23.8 Å². The highest BCUT2D eigenvalue weighted by Gasteiger charge is 2.50. The van der Waals surface area contributed by atoms with Crippen molar-refractivity contribution in [3.8, 4) is 11.5 Å². The molecule has 2 nitrogen and oxygen atoms in total. The Kier molecular flexibility index (Phi) is 2.81.